The zero-order chi connectivity index (χ0) is 9.97. The maximum atomic E-state index is 11.0. The van der Waals surface area contributed by atoms with Crippen molar-refractivity contribution in [2.45, 2.75) is 12.5 Å². The van der Waals surface area contributed by atoms with Gasteiger partial charge in [0.2, 0.25) is 0 Å². The monoisotopic (exact) mass is 252 g/mol. The van der Waals surface area contributed by atoms with Crippen molar-refractivity contribution < 1.29 is 9.53 Å². The van der Waals surface area contributed by atoms with Crippen molar-refractivity contribution in [3.63, 3.8) is 0 Å². The van der Waals surface area contributed by atoms with Gasteiger partial charge >= 0.3 is 5.97 Å². The molecule has 0 fully saturated rings. The van der Waals surface area contributed by atoms with E-state index >= 15 is 0 Å². The molecule has 0 aliphatic carbocycles. The first-order valence-electron chi connectivity index (χ1n) is 4.38. The van der Waals surface area contributed by atoms with Crippen LogP contribution in [0.25, 0.3) is 0 Å². The Bertz CT molecular complexity index is 370. The first-order chi connectivity index (χ1) is 6.75. The molecule has 1 aromatic rings. The Hall–Kier alpha value is -1.09. The lowest BCUT2D eigenvalue weighted by atomic mass is 10.1. The Kier molecular flexibility index (Phi) is 2.68. The predicted molar refractivity (Wildman–Crippen MR) is 57.0 cm³/mol. The lowest BCUT2D eigenvalue weighted by Gasteiger charge is -2.07. The zero-order valence-corrected chi connectivity index (χ0v) is 9.03. The van der Waals surface area contributed by atoms with Crippen LogP contribution in [0.3, 0.4) is 0 Å². The van der Waals surface area contributed by atoms with Crippen molar-refractivity contribution in [3.05, 3.63) is 46.5 Å². The van der Waals surface area contributed by atoms with Gasteiger partial charge in [0, 0.05) is 6.42 Å². The lowest BCUT2D eigenvalue weighted by Crippen LogP contribution is -2.10. The minimum Gasteiger partial charge on any atom is -0.454 e. The van der Waals surface area contributed by atoms with Crippen LogP contribution in [0.1, 0.15) is 5.56 Å². The smallest absolute Gasteiger partial charge is 0.345 e. The van der Waals surface area contributed by atoms with Crippen LogP contribution in [0, 0.1) is 0 Å². The van der Waals surface area contributed by atoms with Crippen molar-refractivity contribution in [2.24, 2.45) is 0 Å². The maximum absolute atomic E-state index is 11.0. The topological polar surface area (TPSA) is 26.3 Å². The van der Waals surface area contributed by atoms with E-state index in [4.69, 9.17) is 4.74 Å². The molecule has 1 aliphatic rings. The Morgan fingerprint density at radius 3 is 2.57 bits per heavy atom. The van der Waals surface area contributed by atoms with E-state index in [9.17, 15) is 4.79 Å². The van der Waals surface area contributed by atoms with Crippen LogP contribution in [-0.4, -0.2) is 12.1 Å². The Morgan fingerprint density at radius 2 is 2.00 bits per heavy atom. The van der Waals surface area contributed by atoms with Crippen LogP contribution in [-0.2, 0) is 16.0 Å². The summed E-state index contributed by atoms with van der Waals surface area (Å²) < 4.78 is 5.63. The number of benzene rings is 1. The highest BCUT2D eigenvalue weighted by Gasteiger charge is 2.23. The molecule has 14 heavy (non-hydrogen) atoms. The molecule has 0 aromatic heterocycles. The molecule has 1 heterocycles. The normalized spacial score (nSPS) is 20.5. The van der Waals surface area contributed by atoms with Crippen LogP contribution in [0.5, 0.6) is 0 Å². The molecule has 2 rings (SSSR count). The third kappa shape index (κ3) is 2.04. The molecule has 0 radical (unpaired) electrons. The average molecular weight is 253 g/mol. The van der Waals surface area contributed by atoms with Gasteiger partial charge in [0.25, 0.3) is 0 Å². The highest BCUT2D eigenvalue weighted by molar-refractivity contribution is 9.12. The summed E-state index contributed by atoms with van der Waals surface area (Å²) in [6.45, 7) is 0. The quantitative estimate of drug-likeness (QED) is 0.756. The molecule has 0 N–H and O–H groups in total. The number of halogens is 1. The SMILES string of the molecule is O=C1O[C@H](Cc2ccccc2)C=C1Br. The molecule has 1 aliphatic heterocycles. The van der Waals surface area contributed by atoms with E-state index < -0.39 is 0 Å². The predicted octanol–water partition coefficient (Wildman–Crippen LogP) is 2.43. The number of rotatable bonds is 2. The van der Waals surface area contributed by atoms with Crippen LogP contribution in [0.15, 0.2) is 40.9 Å². The van der Waals surface area contributed by atoms with Crippen molar-refractivity contribution in [1.29, 1.82) is 0 Å². The second-order valence-electron chi connectivity index (χ2n) is 3.15. The Labute approximate surface area is 90.7 Å². The molecule has 3 heteroatoms. The lowest BCUT2D eigenvalue weighted by molar-refractivity contribution is -0.138. The first kappa shape index (κ1) is 9.46. The van der Waals surface area contributed by atoms with Crippen molar-refractivity contribution in [1.82, 2.24) is 0 Å². The van der Waals surface area contributed by atoms with Gasteiger partial charge in [-0.3, -0.25) is 0 Å². The van der Waals surface area contributed by atoms with E-state index in [1.807, 2.05) is 30.3 Å². The number of hydrogen-bond donors (Lipinski definition) is 0. The molecule has 0 saturated heterocycles. The average Bonchev–Trinajstić information content (AvgIpc) is 2.47. The van der Waals surface area contributed by atoms with E-state index in [1.54, 1.807) is 6.08 Å². The van der Waals surface area contributed by atoms with Gasteiger partial charge in [-0.2, -0.15) is 0 Å². The summed E-state index contributed by atoms with van der Waals surface area (Å²) in [5.74, 6) is -0.272. The van der Waals surface area contributed by atoms with Crippen LogP contribution < -0.4 is 0 Å². The molecule has 72 valence electrons. The van der Waals surface area contributed by atoms with Crippen molar-refractivity contribution >= 4 is 21.9 Å². The van der Waals surface area contributed by atoms with Gasteiger partial charge in [0.15, 0.2) is 0 Å². The highest BCUT2D eigenvalue weighted by atomic mass is 79.9. The third-order valence-corrected chi connectivity index (χ3v) is 2.65. The minimum absolute atomic E-state index is 0.126. The summed E-state index contributed by atoms with van der Waals surface area (Å²) in [6, 6.07) is 9.97. The molecule has 0 amide bonds. The molecule has 2 nitrogen and oxygen atoms in total. The van der Waals surface area contributed by atoms with E-state index in [2.05, 4.69) is 15.9 Å². The highest BCUT2D eigenvalue weighted by Crippen LogP contribution is 2.21. The van der Waals surface area contributed by atoms with E-state index in [0.29, 0.717) is 4.48 Å². The van der Waals surface area contributed by atoms with Crippen molar-refractivity contribution in [2.75, 3.05) is 0 Å². The largest absolute Gasteiger partial charge is 0.454 e. The van der Waals surface area contributed by atoms with Gasteiger partial charge in [-0.25, -0.2) is 4.79 Å². The summed E-state index contributed by atoms with van der Waals surface area (Å²) in [4.78, 5) is 11.0. The van der Waals surface area contributed by atoms with Crippen LogP contribution in [0.4, 0.5) is 0 Å². The molecular weight excluding hydrogens is 244 g/mol. The molecule has 0 unspecified atom stereocenters. The molecule has 0 bridgehead atoms. The summed E-state index contributed by atoms with van der Waals surface area (Å²) in [6.07, 6.45) is 2.41. The van der Waals surface area contributed by atoms with Crippen LogP contribution in [0.2, 0.25) is 0 Å². The van der Waals surface area contributed by atoms with Gasteiger partial charge in [-0.15, -0.1) is 0 Å². The van der Waals surface area contributed by atoms with Gasteiger partial charge in [0.05, 0.1) is 0 Å². The molecule has 1 aromatic carbocycles. The number of carbonyl (C=O) groups is 1. The van der Waals surface area contributed by atoms with Gasteiger partial charge in [-0.1, -0.05) is 30.3 Å². The Balaban J connectivity index is 2.04. The Morgan fingerprint density at radius 1 is 1.29 bits per heavy atom. The van der Waals surface area contributed by atoms with Crippen molar-refractivity contribution in [3.8, 4) is 0 Å². The summed E-state index contributed by atoms with van der Waals surface area (Å²) >= 11 is 3.14. The fraction of sp³-hybridized carbons (Fsp3) is 0.182. The fourth-order valence-electron chi connectivity index (χ4n) is 1.41. The van der Waals surface area contributed by atoms with E-state index in [0.717, 1.165) is 6.42 Å². The molecule has 1 atom stereocenters. The fourth-order valence-corrected chi connectivity index (χ4v) is 1.79. The second kappa shape index (κ2) is 3.96. The summed E-state index contributed by atoms with van der Waals surface area (Å²) in [7, 11) is 0. The first-order valence-corrected chi connectivity index (χ1v) is 5.17. The standard InChI is InChI=1S/C11H9BrO2/c12-10-7-9(14-11(10)13)6-8-4-2-1-3-5-8/h1-5,7,9H,6H2/t9-/m1/s1. The molecule has 0 saturated carbocycles. The van der Waals surface area contributed by atoms with E-state index in [-0.39, 0.29) is 12.1 Å². The van der Waals surface area contributed by atoms with Gasteiger partial charge in [-0.05, 0) is 27.6 Å². The van der Waals surface area contributed by atoms with Crippen LogP contribution >= 0.6 is 15.9 Å². The minimum atomic E-state index is -0.272. The number of ether oxygens (including phenoxy) is 1. The van der Waals surface area contributed by atoms with Gasteiger partial charge < -0.3 is 4.74 Å². The number of hydrogen-bond acceptors (Lipinski definition) is 2. The summed E-state index contributed by atoms with van der Waals surface area (Å²) in [5.41, 5.74) is 1.17. The number of esters is 1. The third-order valence-electron chi connectivity index (χ3n) is 2.07. The summed E-state index contributed by atoms with van der Waals surface area (Å²) in [5, 5.41) is 0. The van der Waals surface area contributed by atoms with Gasteiger partial charge in [0.1, 0.15) is 10.6 Å². The maximum Gasteiger partial charge on any atom is 0.345 e. The zero-order valence-electron chi connectivity index (χ0n) is 7.44. The number of cyclic esters (lactones) is 1. The molecule has 0 spiro atoms. The van der Waals surface area contributed by atoms with E-state index in [1.165, 1.54) is 5.56 Å². The molecular formula is C11H9BrO2. The number of carbonyl (C=O) groups excluding carboxylic acids is 1. The second-order valence-corrected chi connectivity index (χ2v) is 4.00.